The minimum absolute atomic E-state index is 0.226. The number of halogens is 1. The molecule has 1 aliphatic rings. The summed E-state index contributed by atoms with van der Waals surface area (Å²) in [5.41, 5.74) is 0.225. The molecule has 0 aromatic carbocycles. The molecule has 1 amide bonds. The third-order valence-corrected chi connectivity index (χ3v) is 4.35. The van der Waals surface area contributed by atoms with Crippen LogP contribution in [0.2, 0.25) is 0 Å². The topological polar surface area (TPSA) is 70.1 Å². The Balaban J connectivity index is 1.95. The number of pyridine rings is 1. The van der Waals surface area contributed by atoms with Crippen LogP contribution in [0.1, 0.15) is 39.0 Å². The highest BCUT2D eigenvalue weighted by Gasteiger charge is 2.30. The Hall–Kier alpha value is -1.38. The van der Waals surface area contributed by atoms with Gasteiger partial charge in [0.05, 0.1) is 12.2 Å². The lowest BCUT2D eigenvalue weighted by atomic mass is 10.1. The van der Waals surface area contributed by atoms with Gasteiger partial charge in [0.15, 0.2) is 6.29 Å². The van der Waals surface area contributed by atoms with Gasteiger partial charge < -0.3 is 23.8 Å². The summed E-state index contributed by atoms with van der Waals surface area (Å²) in [6.07, 6.45) is 1.70. The van der Waals surface area contributed by atoms with Gasteiger partial charge in [-0.25, -0.2) is 9.78 Å². The molecule has 0 spiro atoms. The predicted octanol–water partition coefficient (Wildman–Crippen LogP) is 3.77. The average molecular weight is 431 g/mol. The third-order valence-electron chi connectivity index (χ3n) is 3.92. The minimum atomic E-state index is -0.558. The summed E-state index contributed by atoms with van der Waals surface area (Å²) in [6.45, 7) is 7.33. The second-order valence-corrected chi connectivity index (χ2v) is 8.16. The molecule has 1 aromatic heterocycles. The number of rotatable bonds is 6. The van der Waals surface area contributed by atoms with Gasteiger partial charge in [0, 0.05) is 43.9 Å². The van der Waals surface area contributed by atoms with Gasteiger partial charge in [-0.3, -0.25) is 0 Å². The number of methoxy groups -OCH3 is 2. The fourth-order valence-electron chi connectivity index (χ4n) is 2.74. The summed E-state index contributed by atoms with van der Waals surface area (Å²) in [4.78, 5) is 18.2. The van der Waals surface area contributed by atoms with Crippen LogP contribution < -0.4 is 4.74 Å². The van der Waals surface area contributed by atoms with E-state index < -0.39 is 11.9 Å². The lowest BCUT2D eigenvalue weighted by molar-refractivity contribution is -0.107. The Morgan fingerprint density at radius 2 is 2.08 bits per heavy atom. The molecule has 0 bridgehead atoms. The fourth-order valence-corrected chi connectivity index (χ4v) is 3.09. The Morgan fingerprint density at radius 1 is 1.38 bits per heavy atom. The van der Waals surface area contributed by atoms with Crippen molar-refractivity contribution in [3.05, 3.63) is 22.3 Å². The summed E-state index contributed by atoms with van der Waals surface area (Å²) in [5.74, 6) is 0.696. The van der Waals surface area contributed by atoms with E-state index in [2.05, 4.69) is 20.9 Å². The second-order valence-electron chi connectivity index (χ2n) is 7.24. The van der Waals surface area contributed by atoms with E-state index in [0.717, 1.165) is 10.9 Å². The van der Waals surface area contributed by atoms with Crippen LogP contribution in [0.15, 0.2) is 16.7 Å². The SMILES string of the molecule is COC(OC)c1cc(Br)cnc1OCC1CCN(C(=O)OC(C)(C)C)C1. The first kappa shape index (κ1) is 20.9. The van der Waals surface area contributed by atoms with Crippen LogP contribution in [0.3, 0.4) is 0 Å². The fraction of sp³-hybridized carbons (Fsp3) is 0.667. The highest BCUT2D eigenvalue weighted by atomic mass is 79.9. The molecule has 26 heavy (non-hydrogen) atoms. The van der Waals surface area contributed by atoms with Gasteiger partial charge >= 0.3 is 6.09 Å². The first-order valence-corrected chi connectivity index (χ1v) is 9.34. The molecule has 1 aliphatic heterocycles. The Kier molecular flexibility index (Phi) is 7.25. The summed E-state index contributed by atoms with van der Waals surface area (Å²) in [5, 5.41) is 0. The molecule has 146 valence electrons. The highest BCUT2D eigenvalue weighted by Crippen LogP contribution is 2.29. The zero-order valence-electron chi connectivity index (χ0n) is 16.0. The normalized spacial score (nSPS) is 17.7. The van der Waals surface area contributed by atoms with Gasteiger partial charge in [-0.1, -0.05) is 0 Å². The van der Waals surface area contributed by atoms with E-state index in [1.165, 1.54) is 0 Å². The molecular formula is C18H27BrN2O5. The number of nitrogens with zero attached hydrogens (tertiary/aromatic N) is 2. The number of hydrogen-bond donors (Lipinski definition) is 0. The molecule has 0 N–H and O–H groups in total. The van der Waals surface area contributed by atoms with Gasteiger partial charge in [-0.05, 0) is 49.2 Å². The molecule has 8 heteroatoms. The van der Waals surface area contributed by atoms with Crippen molar-refractivity contribution in [3.8, 4) is 5.88 Å². The zero-order chi connectivity index (χ0) is 19.3. The summed E-state index contributed by atoms with van der Waals surface area (Å²) < 4.78 is 22.8. The number of carbonyl (C=O) groups excluding carboxylic acids is 1. The van der Waals surface area contributed by atoms with E-state index in [1.54, 1.807) is 25.3 Å². The van der Waals surface area contributed by atoms with Crippen molar-refractivity contribution in [1.82, 2.24) is 9.88 Å². The Bertz CT molecular complexity index is 616. The Morgan fingerprint density at radius 3 is 2.69 bits per heavy atom. The third kappa shape index (κ3) is 5.82. The van der Waals surface area contributed by atoms with Crippen LogP contribution in [0.4, 0.5) is 4.79 Å². The molecule has 7 nitrogen and oxygen atoms in total. The summed E-state index contributed by atoms with van der Waals surface area (Å²) in [7, 11) is 3.13. The van der Waals surface area contributed by atoms with Gasteiger partial charge in [-0.15, -0.1) is 0 Å². The van der Waals surface area contributed by atoms with Crippen LogP contribution in [0.25, 0.3) is 0 Å². The number of likely N-dealkylation sites (tertiary alicyclic amines) is 1. The predicted molar refractivity (Wildman–Crippen MR) is 100 cm³/mol. The maximum absolute atomic E-state index is 12.2. The molecular weight excluding hydrogens is 404 g/mol. The summed E-state index contributed by atoms with van der Waals surface area (Å²) >= 11 is 3.40. The maximum atomic E-state index is 12.2. The van der Waals surface area contributed by atoms with Crippen molar-refractivity contribution >= 4 is 22.0 Å². The number of aromatic nitrogens is 1. The number of ether oxygens (including phenoxy) is 4. The van der Waals surface area contributed by atoms with Crippen molar-refractivity contribution in [2.45, 2.75) is 39.1 Å². The molecule has 2 heterocycles. The van der Waals surface area contributed by atoms with Crippen molar-refractivity contribution in [1.29, 1.82) is 0 Å². The maximum Gasteiger partial charge on any atom is 0.410 e. The molecule has 1 atom stereocenters. The molecule has 1 unspecified atom stereocenters. The number of amides is 1. The van der Waals surface area contributed by atoms with Crippen molar-refractivity contribution < 1.29 is 23.7 Å². The van der Waals surface area contributed by atoms with E-state index in [4.69, 9.17) is 18.9 Å². The largest absolute Gasteiger partial charge is 0.477 e. The zero-order valence-corrected chi connectivity index (χ0v) is 17.5. The minimum Gasteiger partial charge on any atom is -0.477 e. The molecule has 0 aliphatic carbocycles. The monoisotopic (exact) mass is 430 g/mol. The van der Waals surface area contributed by atoms with E-state index in [1.807, 2.05) is 26.8 Å². The van der Waals surface area contributed by atoms with Crippen LogP contribution in [-0.2, 0) is 14.2 Å². The number of carbonyl (C=O) groups is 1. The van der Waals surface area contributed by atoms with Crippen molar-refractivity contribution in [2.75, 3.05) is 33.9 Å². The highest BCUT2D eigenvalue weighted by molar-refractivity contribution is 9.10. The average Bonchev–Trinajstić information content (AvgIpc) is 3.03. The second kappa shape index (κ2) is 9.01. The Labute approximate surface area is 163 Å². The molecule has 0 radical (unpaired) electrons. The van der Waals surface area contributed by atoms with Crippen LogP contribution in [0, 0.1) is 5.92 Å². The summed E-state index contributed by atoms with van der Waals surface area (Å²) in [6, 6.07) is 1.86. The quantitative estimate of drug-likeness (QED) is 0.639. The molecule has 1 aromatic rings. The first-order chi connectivity index (χ1) is 12.2. The lowest BCUT2D eigenvalue weighted by Gasteiger charge is -2.24. The van der Waals surface area contributed by atoms with Crippen LogP contribution in [0.5, 0.6) is 5.88 Å². The van der Waals surface area contributed by atoms with E-state index >= 15 is 0 Å². The standard InChI is InChI=1S/C18H27BrN2O5/c1-18(2,3)26-17(22)21-7-6-12(10-21)11-25-15-14(16(23-4)24-5)8-13(19)9-20-15/h8-9,12,16H,6-7,10-11H2,1-5H3. The molecule has 1 fully saturated rings. The van der Waals surface area contributed by atoms with Crippen molar-refractivity contribution in [3.63, 3.8) is 0 Å². The van der Waals surface area contributed by atoms with Gasteiger partial charge in [0.25, 0.3) is 0 Å². The smallest absolute Gasteiger partial charge is 0.410 e. The van der Waals surface area contributed by atoms with Crippen LogP contribution in [-0.4, -0.2) is 55.5 Å². The molecule has 1 saturated heterocycles. The van der Waals surface area contributed by atoms with Gasteiger partial charge in [0.2, 0.25) is 5.88 Å². The van der Waals surface area contributed by atoms with Gasteiger partial charge in [-0.2, -0.15) is 0 Å². The van der Waals surface area contributed by atoms with E-state index in [0.29, 0.717) is 31.1 Å². The van der Waals surface area contributed by atoms with Gasteiger partial charge in [0.1, 0.15) is 5.60 Å². The van der Waals surface area contributed by atoms with Crippen molar-refractivity contribution in [2.24, 2.45) is 5.92 Å². The molecule has 0 saturated carbocycles. The van der Waals surface area contributed by atoms with E-state index in [9.17, 15) is 4.79 Å². The lowest BCUT2D eigenvalue weighted by Crippen LogP contribution is -2.35. The first-order valence-electron chi connectivity index (χ1n) is 8.55. The van der Waals surface area contributed by atoms with Crippen LogP contribution >= 0.6 is 15.9 Å². The number of hydrogen-bond acceptors (Lipinski definition) is 6. The molecule has 2 rings (SSSR count). The van der Waals surface area contributed by atoms with E-state index in [-0.39, 0.29) is 12.0 Å².